The number of hydrogen-bond donors (Lipinski definition) is 1. The summed E-state index contributed by atoms with van der Waals surface area (Å²) >= 11 is 0. The number of amides is 1. The summed E-state index contributed by atoms with van der Waals surface area (Å²) in [4.78, 5) is 14.5. The van der Waals surface area contributed by atoms with Gasteiger partial charge in [0, 0.05) is 18.8 Å². The smallest absolute Gasteiger partial charge is 0.231 e. The fourth-order valence-corrected chi connectivity index (χ4v) is 3.86. The molecule has 2 bridgehead atoms. The van der Waals surface area contributed by atoms with Gasteiger partial charge in [0.05, 0.1) is 13.0 Å². The molecule has 0 spiro atoms. The minimum absolute atomic E-state index is 0.000789. The van der Waals surface area contributed by atoms with Crippen LogP contribution in [0.2, 0.25) is 0 Å². The molecule has 20 heavy (non-hydrogen) atoms. The number of hydrogen-bond acceptors (Lipinski definition) is 3. The summed E-state index contributed by atoms with van der Waals surface area (Å²) in [5, 5.41) is 0. The Morgan fingerprint density at radius 2 is 1.90 bits per heavy atom. The lowest BCUT2D eigenvalue weighted by atomic mass is 9.84. The van der Waals surface area contributed by atoms with E-state index < -0.39 is 0 Å². The quantitative estimate of drug-likeness (QED) is 0.917. The van der Waals surface area contributed by atoms with Crippen LogP contribution in [-0.4, -0.2) is 26.1 Å². The van der Waals surface area contributed by atoms with Gasteiger partial charge in [0.15, 0.2) is 0 Å². The summed E-state index contributed by atoms with van der Waals surface area (Å²) in [6.45, 7) is 0. The van der Waals surface area contributed by atoms with Crippen molar-refractivity contribution in [3.05, 3.63) is 24.3 Å². The molecule has 0 aromatic heterocycles. The van der Waals surface area contributed by atoms with Crippen LogP contribution < -0.4 is 15.4 Å². The monoisotopic (exact) mass is 274 g/mol. The largest absolute Gasteiger partial charge is 0.497 e. The third-order valence-electron chi connectivity index (χ3n) is 5.06. The van der Waals surface area contributed by atoms with Crippen LogP contribution in [0.5, 0.6) is 5.75 Å². The number of fused-ring (bicyclic) bond motifs is 2. The van der Waals surface area contributed by atoms with Crippen molar-refractivity contribution < 1.29 is 9.53 Å². The molecule has 108 valence electrons. The van der Waals surface area contributed by atoms with Crippen molar-refractivity contribution in [2.75, 3.05) is 19.1 Å². The highest BCUT2D eigenvalue weighted by Gasteiger charge is 2.49. The van der Waals surface area contributed by atoms with Crippen molar-refractivity contribution in [3.63, 3.8) is 0 Å². The zero-order chi connectivity index (χ0) is 14.3. The van der Waals surface area contributed by atoms with Gasteiger partial charge in [0.2, 0.25) is 5.91 Å². The second-order valence-electron chi connectivity index (χ2n) is 6.03. The third kappa shape index (κ3) is 2.08. The molecule has 2 saturated carbocycles. The second-order valence-corrected chi connectivity index (χ2v) is 6.03. The molecule has 3 rings (SSSR count). The molecule has 2 aliphatic rings. The molecule has 1 aromatic rings. The number of rotatable bonds is 3. The fraction of sp³-hybridized carbons (Fsp3) is 0.562. The molecule has 4 unspecified atom stereocenters. The van der Waals surface area contributed by atoms with Gasteiger partial charge in [-0.1, -0.05) is 0 Å². The highest BCUT2D eigenvalue weighted by atomic mass is 16.5. The van der Waals surface area contributed by atoms with Gasteiger partial charge in [0.1, 0.15) is 5.75 Å². The molecule has 4 heteroatoms. The maximum Gasteiger partial charge on any atom is 0.231 e. The van der Waals surface area contributed by atoms with Crippen molar-refractivity contribution >= 4 is 11.6 Å². The first-order valence-corrected chi connectivity index (χ1v) is 7.29. The number of carbonyl (C=O) groups is 1. The first kappa shape index (κ1) is 13.4. The number of anilines is 1. The number of methoxy groups -OCH3 is 1. The van der Waals surface area contributed by atoms with Crippen LogP contribution >= 0.6 is 0 Å². The van der Waals surface area contributed by atoms with Crippen molar-refractivity contribution in [3.8, 4) is 5.75 Å². The van der Waals surface area contributed by atoms with E-state index in [2.05, 4.69) is 0 Å². The SMILES string of the molecule is COc1ccc(N(C)C(=O)C2C3CCC(C3)C2N)cc1. The second kappa shape index (κ2) is 5.09. The van der Waals surface area contributed by atoms with E-state index in [1.807, 2.05) is 31.3 Å². The highest BCUT2D eigenvalue weighted by Crippen LogP contribution is 2.48. The van der Waals surface area contributed by atoms with E-state index in [9.17, 15) is 4.79 Å². The van der Waals surface area contributed by atoms with E-state index >= 15 is 0 Å². The van der Waals surface area contributed by atoms with E-state index in [1.54, 1.807) is 12.0 Å². The van der Waals surface area contributed by atoms with E-state index in [1.165, 1.54) is 6.42 Å². The Bertz CT molecular complexity index is 498. The topological polar surface area (TPSA) is 55.6 Å². The third-order valence-corrected chi connectivity index (χ3v) is 5.06. The van der Waals surface area contributed by atoms with Gasteiger partial charge in [-0.3, -0.25) is 4.79 Å². The molecule has 4 atom stereocenters. The first-order valence-electron chi connectivity index (χ1n) is 7.29. The lowest BCUT2D eigenvalue weighted by Crippen LogP contribution is -2.46. The molecule has 0 saturated heterocycles. The number of ether oxygens (including phenoxy) is 1. The van der Waals surface area contributed by atoms with Crippen LogP contribution in [0.15, 0.2) is 24.3 Å². The van der Waals surface area contributed by atoms with Crippen molar-refractivity contribution in [2.45, 2.75) is 25.3 Å². The van der Waals surface area contributed by atoms with E-state index in [-0.39, 0.29) is 17.9 Å². The maximum absolute atomic E-state index is 12.7. The molecule has 1 aromatic carbocycles. The zero-order valence-corrected chi connectivity index (χ0v) is 12.1. The van der Waals surface area contributed by atoms with Crippen LogP contribution in [0.3, 0.4) is 0 Å². The number of nitrogens with zero attached hydrogens (tertiary/aromatic N) is 1. The lowest BCUT2D eigenvalue weighted by molar-refractivity contribution is -0.124. The lowest BCUT2D eigenvalue weighted by Gasteiger charge is -2.30. The van der Waals surface area contributed by atoms with Crippen LogP contribution in [0.1, 0.15) is 19.3 Å². The molecule has 1 amide bonds. The molecule has 4 nitrogen and oxygen atoms in total. The number of carbonyl (C=O) groups excluding carboxylic acids is 1. The predicted octanol–water partition coefficient (Wildman–Crippen LogP) is 2.03. The Labute approximate surface area is 119 Å². The Morgan fingerprint density at radius 3 is 2.45 bits per heavy atom. The minimum atomic E-state index is 0.000789. The molecular formula is C16H22N2O2. The normalized spacial score (nSPS) is 31.4. The van der Waals surface area contributed by atoms with E-state index in [4.69, 9.17) is 10.5 Å². The summed E-state index contributed by atoms with van der Waals surface area (Å²) in [6.07, 6.45) is 3.49. The minimum Gasteiger partial charge on any atom is -0.497 e. The van der Waals surface area contributed by atoms with Gasteiger partial charge in [-0.05, 0) is 55.4 Å². The summed E-state index contributed by atoms with van der Waals surface area (Å²) in [7, 11) is 3.47. The molecular weight excluding hydrogens is 252 g/mol. The van der Waals surface area contributed by atoms with Gasteiger partial charge in [-0.2, -0.15) is 0 Å². The summed E-state index contributed by atoms with van der Waals surface area (Å²) in [5.41, 5.74) is 7.15. The summed E-state index contributed by atoms with van der Waals surface area (Å²) in [6, 6.07) is 7.62. The van der Waals surface area contributed by atoms with Gasteiger partial charge in [-0.25, -0.2) is 0 Å². The van der Waals surface area contributed by atoms with Crippen molar-refractivity contribution in [2.24, 2.45) is 23.5 Å². The van der Waals surface area contributed by atoms with Gasteiger partial charge in [-0.15, -0.1) is 0 Å². The van der Waals surface area contributed by atoms with Crippen LogP contribution in [-0.2, 0) is 4.79 Å². The predicted molar refractivity (Wildman–Crippen MR) is 78.7 cm³/mol. The standard InChI is InChI=1S/C16H22N2O2/c1-18(12-5-7-13(20-2)8-6-12)16(19)14-10-3-4-11(9-10)15(14)17/h5-8,10-11,14-15H,3-4,9,17H2,1-2H3. The fourth-order valence-electron chi connectivity index (χ4n) is 3.86. The molecule has 2 aliphatic carbocycles. The van der Waals surface area contributed by atoms with Gasteiger partial charge >= 0.3 is 0 Å². The molecule has 2 N–H and O–H groups in total. The number of nitrogens with two attached hydrogens (primary N) is 1. The van der Waals surface area contributed by atoms with Crippen LogP contribution in [0.4, 0.5) is 5.69 Å². The molecule has 0 heterocycles. The molecule has 0 aliphatic heterocycles. The van der Waals surface area contributed by atoms with Crippen LogP contribution in [0.25, 0.3) is 0 Å². The average Bonchev–Trinajstić information content (AvgIpc) is 3.07. The van der Waals surface area contributed by atoms with E-state index in [0.29, 0.717) is 11.8 Å². The Morgan fingerprint density at radius 1 is 1.25 bits per heavy atom. The molecule has 0 radical (unpaired) electrons. The van der Waals surface area contributed by atoms with Crippen molar-refractivity contribution in [1.82, 2.24) is 0 Å². The van der Waals surface area contributed by atoms with Crippen molar-refractivity contribution in [1.29, 1.82) is 0 Å². The number of benzene rings is 1. The summed E-state index contributed by atoms with van der Waals surface area (Å²) in [5.74, 6) is 2.00. The first-order chi connectivity index (χ1) is 9.61. The molecule has 2 fully saturated rings. The van der Waals surface area contributed by atoms with E-state index in [0.717, 1.165) is 24.3 Å². The zero-order valence-electron chi connectivity index (χ0n) is 12.1. The maximum atomic E-state index is 12.7. The summed E-state index contributed by atoms with van der Waals surface area (Å²) < 4.78 is 5.14. The van der Waals surface area contributed by atoms with Gasteiger partial charge < -0.3 is 15.4 Å². The highest BCUT2D eigenvalue weighted by molar-refractivity contribution is 5.95. The van der Waals surface area contributed by atoms with Crippen LogP contribution in [0, 0.1) is 17.8 Å². The Hall–Kier alpha value is -1.55. The Kier molecular flexibility index (Phi) is 3.42. The van der Waals surface area contributed by atoms with Gasteiger partial charge in [0.25, 0.3) is 0 Å². The Balaban J connectivity index is 1.76. The average molecular weight is 274 g/mol.